The maximum Gasteiger partial charge on any atom is 0.263 e. The van der Waals surface area contributed by atoms with Gasteiger partial charge in [0.1, 0.15) is 11.3 Å². The van der Waals surface area contributed by atoms with E-state index in [0.29, 0.717) is 23.0 Å². The molecule has 0 unspecified atom stereocenters. The lowest BCUT2D eigenvalue weighted by Gasteiger charge is -2.11. The third kappa shape index (κ3) is 2.77. The summed E-state index contributed by atoms with van der Waals surface area (Å²) in [7, 11) is 1.71. The van der Waals surface area contributed by atoms with Crippen molar-refractivity contribution in [3.05, 3.63) is 82.2 Å². The smallest absolute Gasteiger partial charge is 0.263 e. The molecular weight excluding hydrogens is 326 g/mol. The first kappa shape index (κ1) is 16.1. The predicted molar refractivity (Wildman–Crippen MR) is 104 cm³/mol. The molecule has 4 rings (SSSR count). The quantitative estimate of drug-likeness (QED) is 0.767. The van der Waals surface area contributed by atoms with Crippen LogP contribution >= 0.6 is 0 Å². The predicted octanol–water partition coefficient (Wildman–Crippen LogP) is 3.02. The molecule has 2 heterocycles. The van der Waals surface area contributed by atoms with Crippen molar-refractivity contribution in [3.8, 4) is 5.75 Å². The standard InChI is InChI=1S/C21H19N3O2/c1-24-18-10-6-5-9-16(18)20(25)19(21(24)26)17-13-15(22-23-17)12-11-14-7-3-2-4-8-14/h2-12,15,22,25H,13H2,1H3/b12-11+/t15-/m1/s1. The summed E-state index contributed by atoms with van der Waals surface area (Å²) in [5, 5.41) is 15.6. The number of hydrogen-bond acceptors (Lipinski definition) is 4. The highest BCUT2D eigenvalue weighted by Gasteiger charge is 2.25. The molecule has 130 valence electrons. The molecule has 1 aromatic heterocycles. The number of nitrogens with zero attached hydrogens (tertiary/aromatic N) is 2. The summed E-state index contributed by atoms with van der Waals surface area (Å²) in [6.07, 6.45) is 4.59. The number of para-hydroxylation sites is 1. The van der Waals surface area contributed by atoms with Crippen molar-refractivity contribution < 1.29 is 5.11 Å². The average Bonchev–Trinajstić information content (AvgIpc) is 3.14. The Labute approximate surface area is 150 Å². The molecule has 26 heavy (non-hydrogen) atoms. The Kier molecular flexibility index (Phi) is 4.05. The number of aromatic nitrogens is 1. The fourth-order valence-corrected chi connectivity index (χ4v) is 3.26. The normalized spacial score (nSPS) is 16.8. The van der Waals surface area contributed by atoms with Crippen LogP contribution in [0.1, 0.15) is 17.5 Å². The number of pyridine rings is 1. The third-order valence-electron chi connectivity index (χ3n) is 4.66. The molecular formula is C21H19N3O2. The molecule has 0 aliphatic carbocycles. The average molecular weight is 345 g/mol. The molecule has 0 radical (unpaired) electrons. The number of rotatable bonds is 3. The van der Waals surface area contributed by atoms with Gasteiger partial charge >= 0.3 is 0 Å². The van der Waals surface area contributed by atoms with Gasteiger partial charge in [-0.05, 0) is 17.7 Å². The number of hydrazone groups is 1. The Morgan fingerprint density at radius 3 is 2.69 bits per heavy atom. The number of benzene rings is 2. The van der Waals surface area contributed by atoms with Gasteiger partial charge < -0.3 is 15.1 Å². The van der Waals surface area contributed by atoms with Crippen LogP contribution in [0.5, 0.6) is 5.75 Å². The molecule has 2 aromatic carbocycles. The van der Waals surface area contributed by atoms with Gasteiger partial charge in [0.15, 0.2) is 0 Å². The summed E-state index contributed by atoms with van der Waals surface area (Å²) in [6, 6.07) is 17.3. The molecule has 0 fully saturated rings. The summed E-state index contributed by atoms with van der Waals surface area (Å²) in [5.41, 5.74) is 5.45. The summed E-state index contributed by atoms with van der Waals surface area (Å²) in [4.78, 5) is 12.8. The van der Waals surface area contributed by atoms with Gasteiger partial charge in [-0.25, -0.2) is 0 Å². The van der Waals surface area contributed by atoms with Crippen molar-refractivity contribution >= 4 is 22.7 Å². The first-order chi connectivity index (χ1) is 12.6. The van der Waals surface area contributed by atoms with Crippen molar-refractivity contribution in [2.75, 3.05) is 0 Å². The minimum absolute atomic E-state index is 0.00283. The van der Waals surface area contributed by atoms with Crippen molar-refractivity contribution in [2.24, 2.45) is 12.1 Å². The van der Waals surface area contributed by atoms with E-state index in [1.54, 1.807) is 11.6 Å². The SMILES string of the molecule is Cn1c(=O)c(C2=NN[C@H](/C=C/c3ccccc3)C2)c(O)c2ccccc21. The van der Waals surface area contributed by atoms with Crippen LogP contribution in [0.2, 0.25) is 0 Å². The molecule has 0 saturated carbocycles. The van der Waals surface area contributed by atoms with Crippen molar-refractivity contribution in [1.82, 2.24) is 9.99 Å². The molecule has 0 spiro atoms. The lowest BCUT2D eigenvalue weighted by atomic mass is 10.0. The van der Waals surface area contributed by atoms with Gasteiger partial charge in [-0.15, -0.1) is 0 Å². The van der Waals surface area contributed by atoms with Crippen LogP contribution in [-0.2, 0) is 7.05 Å². The van der Waals surface area contributed by atoms with Gasteiger partial charge in [-0.2, -0.15) is 5.10 Å². The fourth-order valence-electron chi connectivity index (χ4n) is 3.26. The molecule has 0 amide bonds. The largest absolute Gasteiger partial charge is 0.506 e. The Bertz CT molecular complexity index is 1080. The number of aromatic hydroxyl groups is 1. The van der Waals surface area contributed by atoms with E-state index in [9.17, 15) is 9.90 Å². The molecule has 5 heteroatoms. The Balaban J connectivity index is 1.65. The van der Waals surface area contributed by atoms with E-state index in [1.807, 2.05) is 66.7 Å². The van der Waals surface area contributed by atoms with Gasteiger partial charge in [0.2, 0.25) is 0 Å². The van der Waals surface area contributed by atoms with Crippen LogP contribution in [0.3, 0.4) is 0 Å². The van der Waals surface area contributed by atoms with Gasteiger partial charge in [0.05, 0.1) is 17.3 Å². The molecule has 2 N–H and O–H groups in total. The van der Waals surface area contributed by atoms with Crippen LogP contribution in [0.25, 0.3) is 17.0 Å². The highest BCUT2D eigenvalue weighted by atomic mass is 16.3. The number of aryl methyl sites for hydroxylation is 1. The highest BCUT2D eigenvalue weighted by Crippen LogP contribution is 2.28. The summed E-state index contributed by atoms with van der Waals surface area (Å²) < 4.78 is 1.56. The Morgan fingerprint density at radius 2 is 1.88 bits per heavy atom. The molecule has 1 atom stereocenters. The fraction of sp³-hybridized carbons (Fsp3) is 0.143. The van der Waals surface area contributed by atoms with E-state index in [1.165, 1.54) is 0 Å². The Hall–Kier alpha value is -3.34. The van der Waals surface area contributed by atoms with E-state index in [0.717, 1.165) is 5.56 Å². The van der Waals surface area contributed by atoms with Crippen LogP contribution in [0.4, 0.5) is 0 Å². The minimum Gasteiger partial charge on any atom is -0.506 e. The number of fused-ring (bicyclic) bond motifs is 1. The van der Waals surface area contributed by atoms with Crippen molar-refractivity contribution in [3.63, 3.8) is 0 Å². The van der Waals surface area contributed by atoms with E-state index < -0.39 is 0 Å². The van der Waals surface area contributed by atoms with Crippen molar-refractivity contribution in [2.45, 2.75) is 12.5 Å². The van der Waals surface area contributed by atoms with E-state index in [2.05, 4.69) is 10.5 Å². The van der Waals surface area contributed by atoms with Crippen LogP contribution in [-0.4, -0.2) is 21.4 Å². The minimum atomic E-state index is -0.241. The molecule has 0 saturated heterocycles. The van der Waals surface area contributed by atoms with Gasteiger partial charge in [0, 0.05) is 18.9 Å². The second kappa shape index (κ2) is 6.52. The van der Waals surface area contributed by atoms with E-state index >= 15 is 0 Å². The molecule has 1 aliphatic heterocycles. The van der Waals surface area contributed by atoms with Crippen LogP contribution < -0.4 is 11.0 Å². The van der Waals surface area contributed by atoms with E-state index in [4.69, 9.17) is 0 Å². The zero-order chi connectivity index (χ0) is 18.1. The second-order valence-corrected chi connectivity index (χ2v) is 6.37. The maximum absolute atomic E-state index is 12.8. The maximum atomic E-state index is 12.8. The first-order valence-corrected chi connectivity index (χ1v) is 8.51. The molecule has 1 aliphatic rings. The second-order valence-electron chi connectivity index (χ2n) is 6.37. The van der Waals surface area contributed by atoms with Crippen LogP contribution in [0.15, 0.2) is 70.6 Å². The van der Waals surface area contributed by atoms with Crippen LogP contribution in [0, 0.1) is 0 Å². The zero-order valence-electron chi connectivity index (χ0n) is 14.4. The van der Waals surface area contributed by atoms with Gasteiger partial charge in [-0.3, -0.25) is 4.79 Å². The van der Waals surface area contributed by atoms with Gasteiger partial charge in [0.25, 0.3) is 5.56 Å². The monoisotopic (exact) mass is 345 g/mol. The van der Waals surface area contributed by atoms with Crippen molar-refractivity contribution in [1.29, 1.82) is 0 Å². The summed E-state index contributed by atoms with van der Waals surface area (Å²) in [5.74, 6) is -0.00283. The summed E-state index contributed by atoms with van der Waals surface area (Å²) >= 11 is 0. The lowest BCUT2D eigenvalue weighted by Crippen LogP contribution is -2.25. The van der Waals surface area contributed by atoms with E-state index in [-0.39, 0.29) is 22.9 Å². The highest BCUT2D eigenvalue weighted by molar-refractivity contribution is 6.07. The first-order valence-electron chi connectivity index (χ1n) is 8.51. The van der Waals surface area contributed by atoms with Gasteiger partial charge in [-0.1, -0.05) is 54.6 Å². The number of nitrogens with one attached hydrogen (secondary N) is 1. The molecule has 3 aromatic rings. The third-order valence-corrected chi connectivity index (χ3v) is 4.66. The zero-order valence-corrected chi connectivity index (χ0v) is 14.4. The molecule has 5 nitrogen and oxygen atoms in total. The Morgan fingerprint density at radius 1 is 1.15 bits per heavy atom. The summed E-state index contributed by atoms with van der Waals surface area (Å²) in [6.45, 7) is 0. The molecule has 0 bridgehead atoms. The lowest BCUT2D eigenvalue weighted by molar-refractivity contribution is 0.478. The number of hydrogen-bond donors (Lipinski definition) is 2. The topological polar surface area (TPSA) is 66.6 Å².